The zero-order valence-electron chi connectivity index (χ0n) is 11.3. The molecule has 6 nitrogen and oxygen atoms in total. The summed E-state index contributed by atoms with van der Waals surface area (Å²) >= 11 is 1.41. The van der Waals surface area contributed by atoms with Crippen molar-refractivity contribution >= 4 is 17.2 Å². The smallest absolute Gasteiger partial charge is 0.261 e. The van der Waals surface area contributed by atoms with Crippen molar-refractivity contribution in [3.05, 3.63) is 52.7 Å². The fraction of sp³-hybridized carbons (Fsp3) is 0.143. The number of hydrogen-bond donors (Lipinski definition) is 2. The second kappa shape index (κ2) is 5.84. The molecule has 106 valence electrons. The van der Waals surface area contributed by atoms with Crippen LogP contribution in [0.1, 0.15) is 28.5 Å². The van der Waals surface area contributed by atoms with E-state index < -0.39 is 0 Å². The number of nitrogens with one attached hydrogen (secondary N) is 2. The Morgan fingerprint density at radius 1 is 1.33 bits per heavy atom. The summed E-state index contributed by atoms with van der Waals surface area (Å²) in [6.45, 7) is 1.86. The number of thiophene rings is 1. The summed E-state index contributed by atoms with van der Waals surface area (Å²) < 4.78 is 0. The minimum absolute atomic E-state index is 0.112. The summed E-state index contributed by atoms with van der Waals surface area (Å²) in [6.07, 6.45) is 3.38. The number of aromatic amines is 1. The zero-order valence-corrected chi connectivity index (χ0v) is 12.1. The minimum atomic E-state index is -0.248. The van der Waals surface area contributed by atoms with Gasteiger partial charge in [0.15, 0.2) is 5.82 Å². The highest BCUT2D eigenvalue weighted by Crippen LogP contribution is 2.16. The Balaban J connectivity index is 1.73. The van der Waals surface area contributed by atoms with Crippen LogP contribution >= 0.6 is 11.3 Å². The minimum Gasteiger partial charge on any atom is -0.342 e. The van der Waals surface area contributed by atoms with Crippen molar-refractivity contribution in [2.75, 3.05) is 0 Å². The van der Waals surface area contributed by atoms with E-state index in [1.54, 1.807) is 18.5 Å². The Kier molecular flexibility index (Phi) is 3.74. The van der Waals surface area contributed by atoms with Gasteiger partial charge in [-0.15, -0.1) is 11.3 Å². The van der Waals surface area contributed by atoms with Crippen molar-refractivity contribution in [3.63, 3.8) is 0 Å². The SMILES string of the molecule is CC(NC(=O)c1cccs1)c1nc(-c2ccncc2)n[nH]1. The molecule has 0 fully saturated rings. The van der Waals surface area contributed by atoms with Gasteiger partial charge >= 0.3 is 0 Å². The average molecular weight is 299 g/mol. The Morgan fingerprint density at radius 2 is 2.14 bits per heavy atom. The number of amides is 1. The molecule has 0 spiro atoms. The van der Waals surface area contributed by atoms with Crippen LogP contribution in [0.25, 0.3) is 11.4 Å². The molecular formula is C14H13N5OS. The maximum atomic E-state index is 12.0. The summed E-state index contributed by atoms with van der Waals surface area (Å²) in [6, 6.07) is 7.06. The molecule has 0 saturated carbocycles. The van der Waals surface area contributed by atoms with Gasteiger partial charge in [0.1, 0.15) is 5.82 Å². The average Bonchev–Trinajstić information content (AvgIpc) is 3.20. The van der Waals surface area contributed by atoms with Crippen LogP contribution in [-0.2, 0) is 0 Å². The number of H-pyrrole nitrogens is 1. The van der Waals surface area contributed by atoms with Crippen molar-refractivity contribution in [3.8, 4) is 11.4 Å². The second-order valence-corrected chi connectivity index (χ2v) is 5.40. The van der Waals surface area contributed by atoms with Crippen LogP contribution < -0.4 is 5.32 Å². The Bertz CT molecular complexity index is 723. The number of carbonyl (C=O) groups excluding carboxylic acids is 1. The summed E-state index contributed by atoms with van der Waals surface area (Å²) in [5.41, 5.74) is 0.879. The highest BCUT2D eigenvalue weighted by Gasteiger charge is 2.16. The largest absolute Gasteiger partial charge is 0.342 e. The normalized spacial score (nSPS) is 12.0. The van der Waals surface area contributed by atoms with Crippen molar-refractivity contribution in [1.82, 2.24) is 25.5 Å². The van der Waals surface area contributed by atoms with Crippen molar-refractivity contribution < 1.29 is 4.79 Å². The third kappa shape index (κ3) is 2.97. The lowest BCUT2D eigenvalue weighted by atomic mass is 10.2. The molecule has 3 rings (SSSR count). The molecule has 0 aliphatic rings. The number of rotatable bonds is 4. The van der Waals surface area contributed by atoms with Gasteiger partial charge in [-0.25, -0.2) is 4.98 Å². The molecule has 0 saturated heterocycles. The van der Waals surface area contributed by atoms with E-state index in [-0.39, 0.29) is 11.9 Å². The molecule has 0 aromatic carbocycles. The first-order valence-corrected chi connectivity index (χ1v) is 7.29. The number of hydrogen-bond acceptors (Lipinski definition) is 5. The molecule has 0 aliphatic heterocycles. The standard InChI is InChI=1S/C14H13N5OS/c1-9(16-14(20)11-3-2-8-21-11)12-17-13(19-18-12)10-4-6-15-7-5-10/h2-9H,1H3,(H,16,20)(H,17,18,19). The van der Waals surface area contributed by atoms with Gasteiger partial charge in [-0.1, -0.05) is 6.07 Å². The molecule has 3 heterocycles. The van der Waals surface area contributed by atoms with E-state index in [9.17, 15) is 4.79 Å². The van der Waals surface area contributed by atoms with Gasteiger partial charge in [-0.3, -0.25) is 14.9 Å². The van der Waals surface area contributed by atoms with Crippen LogP contribution in [-0.4, -0.2) is 26.1 Å². The number of nitrogens with zero attached hydrogens (tertiary/aromatic N) is 3. The van der Waals surface area contributed by atoms with E-state index in [4.69, 9.17) is 0 Å². The molecule has 0 bridgehead atoms. The Hall–Kier alpha value is -2.54. The number of carbonyl (C=O) groups is 1. The van der Waals surface area contributed by atoms with E-state index in [0.717, 1.165) is 5.56 Å². The van der Waals surface area contributed by atoms with Crippen LogP contribution in [0, 0.1) is 0 Å². The lowest BCUT2D eigenvalue weighted by molar-refractivity contribution is 0.0942. The summed E-state index contributed by atoms with van der Waals surface area (Å²) in [5.74, 6) is 1.09. The van der Waals surface area contributed by atoms with E-state index in [1.807, 2.05) is 30.5 Å². The predicted octanol–water partition coefficient (Wildman–Crippen LogP) is 2.42. The first-order chi connectivity index (χ1) is 10.2. The Labute approximate surface area is 125 Å². The third-order valence-electron chi connectivity index (χ3n) is 2.94. The number of aromatic nitrogens is 4. The molecule has 1 unspecified atom stereocenters. The fourth-order valence-electron chi connectivity index (χ4n) is 1.84. The van der Waals surface area contributed by atoms with Gasteiger partial charge in [0.05, 0.1) is 10.9 Å². The van der Waals surface area contributed by atoms with Gasteiger partial charge in [0, 0.05) is 18.0 Å². The zero-order chi connectivity index (χ0) is 14.7. The molecule has 0 aliphatic carbocycles. The molecule has 3 aromatic heterocycles. The lowest BCUT2D eigenvalue weighted by Gasteiger charge is -2.09. The Morgan fingerprint density at radius 3 is 2.86 bits per heavy atom. The van der Waals surface area contributed by atoms with Crippen LogP contribution in [0.3, 0.4) is 0 Å². The molecule has 2 N–H and O–H groups in total. The van der Waals surface area contributed by atoms with Crippen LogP contribution in [0.5, 0.6) is 0 Å². The topological polar surface area (TPSA) is 83.6 Å². The van der Waals surface area contributed by atoms with Crippen molar-refractivity contribution in [2.45, 2.75) is 13.0 Å². The van der Waals surface area contributed by atoms with E-state index in [0.29, 0.717) is 16.5 Å². The van der Waals surface area contributed by atoms with Gasteiger partial charge in [0.2, 0.25) is 0 Å². The summed E-state index contributed by atoms with van der Waals surface area (Å²) in [5, 5.41) is 11.8. The van der Waals surface area contributed by atoms with Gasteiger partial charge in [-0.05, 0) is 30.5 Å². The quantitative estimate of drug-likeness (QED) is 0.775. The molecule has 3 aromatic rings. The molecule has 1 atom stereocenters. The molecule has 21 heavy (non-hydrogen) atoms. The lowest BCUT2D eigenvalue weighted by Crippen LogP contribution is -2.26. The monoisotopic (exact) mass is 299 g/mol. The molecule has 0 radical (unpaired) electrons. The van der Waals surface area contributed by atoms with E-state index >= 15 is 0 Å². The van der Waals surface area contributed by atoms with Crippen molar-refractivity contribution in [2.24, 2.45) is 0 Å². The maximum absolute atomic E-state index is 12.0. The van der Waals surface area contributed by atoms with E-state index in [1.165, 1.54) is 11.3 Å². The first kappa shape index (κ1) is 13.4. The fourth-order valence-corrected chi connectivity index (χ4v) is 2.47. The van der Waals surface area contributed by atoms with Gasteiger partial charge in [0.25, 0.3) is 5.91 Å². The van der Waals surface area contributed by atoms with Crippen LogP contribution in [0.15, 0.2) is 42.0 Å². The third-order valence-corrected chi connectivity index (χ3v) is 3.81. The first-order valence-electron chi connectivity index (χ1n) is 6.41. The summed E-state index contributed by atoms with van der Waals surface area (Å²) in [7, 11) is 0. The maximum Gasteiger partial charge on any atom is 0.261 e. The molecule has 1 amide bonds. The van der Waals surface area contributed by atoms with Crippen LogP contribution in [0.4, 0.5) is 0 Å². The predicted molar refractivity (Wildman–Crippen MR) is 79.8 cm³/mol. The van der Waals surface area contributed by atoms with Gasteiger partial charge in [-0.2, -0.15) is 5.10 Å². The highest BCUT2D eigenvalue weighted by molar-refractivity contribution is 7.12. The number of pyridine rings is 1. The van der Waals surface area contributed by atoms with Crippen LogP contribution in [0.2, 0.25) is 0 Å². The summed E-state index contributed by atoms with van der Waals surface area (Å²) in [4.78, 5) is 21.0. The molecule has 7 heteroatoms. The van der Waals surface area contributed by atoms with Gasteiger partial charge < -0.3 is 5.32 Å². The molecular weight excluding hydrogens is 286 g/mol. The van der Waals surface area contributed by atoms with Crippen molar-refractivity contribution in [1.29, 1.82) is 0 Å². The second-order valence-electron chi connectivity index (χ2n) is 4.45. The highest BCUT2D eigenvalue weighted by atomic mass is 32.1. The van der Waals surface area contributed by atoms with E-state index in [2.05, 4.69) is 25.5 Å².